The summed E-state index contributed by atoms with van der Waals surface area (Å²) in [5.74, 6) is 0.365. The molecule has 1 amide bonds. The normalized spacial score (nSPS) is 14.8. The topological polar surface area (TPSA) is 72.7 Å². The Morgan fingerprint density at radius 1 is 1.50 bits per heavy atom. The van der Waals surface area contributed by atoms with Crippen molar-refractivity contribution >= 4 is 22.4 Å². The Hall–Kier alpha value is -1.76. The number of carbonyl (C=O) groups is 1. The number of rotatable bonds is 3. The van der Waals surface area contributed by atoms with Gasteiger partial charge in [-0.05, 0) is 25.8 Å². The lowest BCUT2D eigenvalue weighted by molar-refractivity contribution is 0.101. The van der Waals surface area contributed by atoms with Crippen molar-refractivity contribution in [2.45, 2.75) is 25.7 Å². The van der Waals surface area contributed by atoms with Crippen LogP contribution in [0.2, 0.25) is 0 Å². The van der Waals surface area contributed by atoms with Crippen LogP contribution < -0.4 is 5.32 Å². The molecule has 1 saturated carbocycles. The lowest BCUT2D eigenvalue weighted by Gasteiger charge is -2.00. The van der Waals surface area contributed by atoms with E-state index in [0.717, 1.165) is 10.7 Å². The summed E-state index contributed by atoms with van der Waals surface area (Å²) in [6.07, 6.45) is 2.37. The average molecular weight is 263 g/mol. The molecule has 0 unspecified atom stereocenters. The van der Waals surface area contributed by atoms with E-state index in [4.69, 9.17) is 0 Å². The van der Waals surface area contributed by atoms with Gasteiger partial charge in [-0.2, -0.15) is 5.10 Å². The third-order valence-electron chi connectivity index (χ3n) is 2.82. The summed E-state index contributed by atoms with van der Waals surface area (Å²) in [6.45, 7) is 1.85. The number of hydrogen-bond acceptors (Lipinski definition) is 5. The highest BCUT2D eigenvalue weighted by Crippen LogP contribution is 2.42. The van der Waals surface area contributed by atoms with Gasteiger partial charge in [-0.15, -0.1) is 10.2 Å². The number of anilines is 1. The number of amides is 1. The third kappa shape index (κ3) is 2.13. The van der Waals surface area contributed by atoms with E-state index in [1.54, 1.807) is 17.8 Å². The molecule has 0 radical (unpaired) electrons. The number of hydrogen-bond donors (Lipinski definition) is 1. The predicted molar refractivity (Wildman–Crippen MR) is 67.8 cm³/mol. The monoisotopic (exact) mass is 263 g/mol. The molecule has 6 nitrogen and oxygen atoms in total. The van der Waals surface area contributed by atoms with Crippen LogP contribution in [0.25, 0.3) is 0 Å². The molecule has 1 fully saturated rings. The second kappa shape index (κ2) is 4.16. The molecule has 0 saturated heterocycles. The van der Waals surface area contributed by atoms with E-state index in [9.17, 15) is 4.79 Å². The van der Waals surface area contributed by atoms with Crippen molar-refractivity contribution < 1.29 is 4.79 Å². The molecule has 94 valence electrons. The second-order valence-corrected chi connectivity index (χ2v) is 5.48. The van der Waals surface area contributed by atoms with Crippen molar-refractivity contribution in [1.82, 2.24) is 20.0 Å². The summed E-state index contributed by atoms with van der Waals surface area (Å²) in [5, 5.41) is 16.5. The van der Waals surface area contributed by atoms with Gasteiger partial charge in [-0.25, -0.2) is 0 Å². The molecule has 2 aromatic heterocycles. The maximum atomic E-state index is 12.0. The Labute approximate surface area is 108 Å². The first-order valence-electron chi connectivity index (χ1n) is 5.79. The molecule has 1 N–H and O–H groups in total. The van der Waals surface area contributed by atoms with E-state index in [1.165, 1.54) is 24.2 Å². The van der Waals surface area contributed by atoms with Gasteiger partial charge in [0.15, 0.2) is 0 Å². The first-order valence-corrected chi connectivity index (χ1v) is 6.60. The minimum absolute atomic E-state index is 0.198. The van der Waals surface area contributed by atoms with Gasteiger partial charge in [-0.3, -0.25) is 14.8 Å². The van der Waals surface area contributed by atoms with Crippen LogP contribution in [-0.4, -0.2) is 25.9 Å². The first kappa shape index (κ1) is 11.3. The molecule has 0 aliphatic heterocycles. The number of aromatic nitrogens is 4. The van der Waals surface area contributed by atoms with Crippen LogP contribution in [0.4, 0.5) is 5.13 Å². The number of aryl methyl sites for hydroxylation is 2. The molecular weight excluding hydrogens is 250 g/mol. The molecule has 0 bridgehead atoms. The fourth-order valence-corrected chi connectivity index (χ4v) is 2.67. The molecule has 0 spiro atoms. The Balaban J connectivity index is 1.74. The fraction of sp³-hybridized carbons (Fsp3) is 0.455. The predicted octanol–water partition coefficient (Wildman–Crippen LogP) is 1.71. The van der Waals surface area contributed by atoms with Crippen molar-refractivity contribution in [3.05, 3.63) is 22.5 Å². The summed E-state index contributed by atoms with van der Waals surface area (Å²) in [7, 11) is 1.75. The van der Waals surface area contributed by atoms with Gasteiger partial charge in [0, 0.05) is 13.0 Å². The lowest BCUT2D eigenvalue weighted by Crippen LogP contribution is -2.15. The van der Waals surface area contributed by atoms with Gasteiger partial charge in [0.2, 0.25) is 5.13 Å². The molecular formula is C11H13N5OS. The van der Waals surface area contributed by atoms with E-state index in [0.29, 0.717) is 16.7 Å². The molecule has 0 atom stereocenters. The van der Waals surface area contributed by atoms with Crippen molar-refractivity contribution in [1.29, 1.82) is 0 Å². The van der Waals surface area contributed by atoms with Crippen molar-refractivity contribution in [2.75, 3.05) is 5.32 Å². The van der Waals surface area contributed by atoms with Crippen LogP contribution in [0.5, 0.6) is 0 Å². The zero-order valence-corrected chi connectivity index (χ0v) is 11.0. The highest BCUT2D eigenvalue weighted by molar-refractivity contribution is 7.15. The van der Waals surface area contributed by atoms with Crippen molar-refractivity contribution in [2.24, 2.45) is 7.05 Å². The van der Waals surface area contributed by atoms with Crippen molar-refractivity contribution in [3.63, 3.8) is 0 Å². The van der Waals surface area contributed by atoms with Crippen molar-refractivity contribution in [3.8, 4) is 0 Å². The second-order valence-electron chi connectivity index (χ2n) is 4.47. The molecule has 1 aliphatic rings. The van der Waals surface area contributed by atoms with E-state index < -0.39 is 0 Å². The van der Waals surface area contributed by atoms with Gasteiger partial charge in [-0.1, -0.05) is 11.3 Å². The number of nitrogens with zero attached hydrogens (tertiary/aromatic N) is 4. The standard InChI is InChI=1S/C11H13N5OS/c1-6-5-8(16(2)15-6)9(17)12-11-14-13-10(18-11)7-3-4-7/h5,7H,3-4H2,1-2H3,(H,12,14,17). The number of nitrogens with one attached hydrogen (secondary N) is 1. The van der Waals surface area contributed by atoms with Crippen LogP contribution in [0.1, 0.15) is 39.9 Å². The Bertz CT molecular complexity index is 598. The third-order valence-corrected chi connectivity index (χ3v) is 3.82. The van der Waals surface area contributed by atoms with E-state index in [1.807, 2.05) is 6.92 Å². The Kier molecular flexibility index (Phi) is 2.62. The van der Waals surface area contributed by atoms with Gasteiger partial charge in [0.1, 0.15) is 10.7 Å². The molecule has 3 rings (SSSR count). The van der Waals surface area contributed by atoms with E-state index in [-0.39, 0.29) is 5.91 Å². The summed E-state index contributed by atoms with van der Waals surface area (Å²) >= 11 is 1.46. The molecule has 1 aliphatic carbocycles. The molecule has 7 heteroatoms. The average Bonchev–Trinajstić information content (AvgIpc) is 2.97. The molecule has 0 aromatic carbocycles. The van der Waals surface area contributed by atoms with Gasteiger partial charge < -0.3 is 0 Å². The first-order chi connectivity index (χ1) is 8.63. The summed E-state index contributed by atoms with van der Waals surface area (Å²) in [6, 6.07) is 1.75. The van der Waals surface area contributed by atoms with Gasteiger partial charge in [0.05, 0.1) is 5.69 Å². The van der Waals surface area contributed by atoms with Crippen LogP contribution in [0, 0.1) is 6.92 Å². The minimum Gasteiger partial charge on any atom is -0.295 e. The van der Waals surface area contributed by atoms with E-state index >= 15 is 0 Å². The molecule has 2 aromatic rings. The SMILES string of the molecule is Cc1cc(C(=O)Nc2nnc(C3CC3)s2)n(C)n1. The quantitative estimate of drug-likeness (QED) is 0.915. The van der Waals surface area contributed by atoms with E-state index in [2.05, 4.69) is 20.6 Å². The smallest absolute Gasteiger partial charge is 0.275 e. The highest BCUT2D eigenvalue weighted by atomic mass is 32.1. The zero-order valence-electron chi connectivity index (χ0n) is 10.2. The van der Waals surface area contributed by atoms with Crippen LogP contribution in [0.3, 0.4) is 0 Å². The largest absolute Gasteiger partial charge is 0.295 e. The lowest BCUT2D eigenvalue weighted by atomic mass is 10.3. The number of carbonyl (C=O) groups excluding carboxylic acids is 1. The molecule has 2 heterocycles. The van der Waals surface area contributed by atoms with Gasteiger partial charge >= 0.3 is 0 Å². The fourth-order valence-electron chi connectivity index (χ4n) is 1.76. The highest BCUT2D eigenvalue weighted by Gasteiger charge is 2.27. The summed E-state index contributed by atoms with van der Waals surface area (Å²) in [5.41, 5.74) is 1.34. The summed E-state index contributed by atoms with van der Waals surface area (Å²) < 4.78 is 1.56. The van der Waals surface area contributed by atoms with Crippen LogP contribution >= 0.6 is 11.3 Å². The van der Waals surface area contributed by atoms with Gasteiger partial charge in [0.25, 0.3) is 5.91 Å². The summed E-state index contributed by atoms with van der Waals surface area (Å²) in [4.78, 5) is 12.0. The van der Waals surface area contributed by atoms with Crippen LogP contribution in [0.15, 0.2) is 6.07 Å². The maximum Gasteiger partial charge on any atom is 0.275 e. The molecule has 18 heavy (non-hydrogen) atoms. The minimum atomic E-state index is -0.198. The Morgan fingerprint density at radius 2 is 2.28 bits per heavy atom. The maximum absolute atomic E-state index is 12.0. The van der Waals surface area contributed by atoms with Crippen LogP contribution in [-0.2, 0) is 7.05 Å². The Morgan fingerprint density at radius 3 is 2.89 bits per heavy atom. The zero-order chi connectivity index (χ0) is 12.7.